The number of methoxy groups -OCH3 is 1. The lowest BCUT2D eigenvalue weighted by Crippen LogP contribution is -2.35. The number of nitrogens with zero attached hydrogens (tertiary/aromatic N) is 3. The molecule has 1 aromatic heterocycles. The van der Waals surface area contributed by atoms with Crippen LogP contribution < -0.4 is 14.8 Å². The standard InChI is InChI=1S/C15H17N5O6S/c1-9-16-13(19-15(17-9)26-2)18-14(23)20-27(24,25)11-6-4-3-5-10(11)7-8-12(21)22/h3-6H,7-8H2,1-2H3,(H,21,22)(H2,16,17,18,19,20,23). The Morgan fingerprint density at radius 1 is 1.19 bits per heavy atom. The lowest BCUT2D eigenvalue weighted by atomic mass is 10.1. The van der Waals surface area contributed by atoms with Crippen LogP contribution in [0.25, 0.3) is 0 Å². The first-order valence-electron chi connectivity index (χ1n) is 7.61. The van der Waals surface area contributed by atoms with E-state index in [4.69, 9.17) is 9.84 Å². The Bertz CT molecular complexity index is 963. The summed E-state index contributed by atoms with van der Waals surface area (Å²) in [4.78, 5) is 34.1. The van der Waals surface area contributed by atoms with E-state index in [2.05, 4.69) is 20.3 Å². The summed E-state index contributed by atoms with van der Waals surface area (Å²) < 4.78 is 31.7. The van der Waals surface area contributed by atoms with Gasteiger partial charge in [-0.1, -0.05) is 18.2 Å². The van der Waals surface area contributed by atoms with E-state index in [1.807, 2.05) is 4.72 Å². The van der Waals surface area contributed by atoms with E-state index in [1.54, 1.807) is 13.0 Å². The summed E-state index contributed by atoms with van der Waals surface area (Å²) in [5, 5.41) is 11.0. The number of rotatable bonds is 7. The number of urea groups is 1. The average molecular weight is 395 g/mol. The molecule has 0 fully saturated rings. The van der Waals surface area contributed by atoms with Crippen LogP contribution in [0.3, 0.4) is 0 Å². The van der Waals surface area contributed by atoms with Crippen molar-refractivity contribution in [2.24, 2.45) is 0 Å². The van der Waals surface area contributed by atoms with Gasteiger partial charge in [0, 0.05) is 6.42 Å². The Balaban J connectivity index is 2.18. The number of nitrogens with one attached hydrogen (secondary N) is 2. The van der Waals surface area contributed by atoms with Gasteiger partial charge in [0.15, 0.2) is 0 Å². The first kappa shape index (κ1) is 20.0. The molecule has 2 aromatic rings. The third kappa shape index (κ3) is 5.60. The van der Waals surface area contributed by atoms with Gasteiger partial charge in [0.25, 0.3) is 10.0 Å². The highest BCUT2D eigenvalue weighted by Gasteiger charge is 2.22. The lowest BCUT2D eigenvalue weighted by Gasteiger charge is -2.11. The van der Waals surface area contributed by atoms with E-state index >= 15 is 0 Å². The van der Waals surface area contributed by atoms with Crippen molar-refractivity contribution in [3.05, 3.63) is 35.7 Å². The smallest absolute Gasteiger partial charge is 0.335 e. The third-order valence-corrected chi connectivity index (χ3v) is 4.66. The number of carbonyl (C=O) groups is 2. The molecule has 0 aliphatic heterocycles. The van der Waals surface area contributed by atoms with Crippen molar-refractivity contribution in [2.45, 2.75) is 24.7 Å². The predicted molar refractivity (Wildman–Crippen MR) is 92.9 cm³/mol. The Morgan fingerprint density at radius 2 is 1.89 bits per heavy atom. The maximum absolute atomic E-state index is 12.5. The van der Waals surface area contributed by atoms with Crippen molar-refractivity contribution in [1.29, 1.82) is 0 Å². The molecule has 27 heavy (non-hydrogen) atoms. The van der Waals surface area contributed by atoms with Crippen LogP contribution in [0.4, 0.5) is 10.7 Å². The zero-order chi connectivity index (χ0) is 20.0. The predicted octanol–water partition coefficient (Wildman–Crippen LogP) is 0.716. The van der Waals surface area contributed by atoms with Crippen LogP contribution in [0.1, 0.15) is 17.8 Å². The fourth-order valence-corrected chi connectivity index (χ4v) is 3.30. The van der Waals surface area contributed by atoms with Gasteiger partial charge in [-0.15, -0.1) is 0 Å². The number of aliphatic carboxylic acids is 1. The van der Waals surface area contributed by atoms with Crippen molar-refractivity contribution in [3.8, 4) is 6.01 Å². The highest BCUT2D eigenvalue weighted by molar-refractivity contribution is 7.90. The molecule has 0 spiro atoms. The molecule has 12 heteroatoms. The summed E-state index contributed by atoms with van der Waals surface area (Å²) in [5.74, 6) is -0.989. The molecule has 0 atom stereocenters. The first-order chi connectivity index (χ1) is 12.7. The van der Waals surface area contributed by atoms with E-state index in [0.717, 1.165) is 0 Å². The van der Waals surface area contributed by atoms with Crippen molar-refractivity contribution in [3.63, 3.8) is 0 Å². The van der Waals surface area contributed by atoms with Gasteiger partial charge in [0.1, 0.15) is 5.82 Å². The van der Waals surface area contributed by atoms with Gasteiger partial charge in [-0.05, 0) is 25.0 Å². The molecule has 3 N–H and O–H groups in total. The molecule has 1 heterocycles. The molecule has 2 amide bonds. The zero-order valence-corrected chi connectivity index (χ0v) is 15.3. The minimum atomic E-state index is -4.24. The average Bonchev–Trinajstić information content (AvgIpc) is 2.59. The van der Waals surface area contributed by atoms with Gasteiger partial charge in [0.05, 0.1) is 12.0 Å². The van der Waals surface area contributed by atoms with Gasteiger partial charge >= 0.3 is 18.0 Å². The minimum Gasteiger partial charge on any atom is -0.481 e. The second kappa shape index (κ2) is 8.40. The summed E-state index contributed by atoms with van der Waals surface area (Å²) in [6.45, 7) is 1.54. The number of sulfonamides is 1. The largest absolute Gasteiger partial charge is 0.481 e. The third-order valence-electron chi connectivity index (χ3n) is 3.23. The number of aryl methyl sites for hydroxylation is 2. The second-order valence-corrected chi connectivity index (χ2v) is 6.90. The fourth-order valence-electron chi connectivity index (χ4n) is 2.12. The Morgan fingerprint density at radius 3 is 2.56 bits per heavy atom. The number of benzene rings is 1. The van der Waals surface area contributed by atoms with Gasteiger partial charge in [-0.25, -0.2) is 17.9 Å². The summed E-state index contributed by atoms with van der Waals surface area (Å²) in [6.07, 6.45) is -0.249. The van der Waals surface area contributed by atoms with Crippen molar-refractivity contribution in [2.75, 3.05) is 12.4 Å². The number of anilines is 1. The van der Waals surface area contributed by atoms with E-state index in [-0.39, 0.29) is 41.1 Å². The normalized spacial score (nSPS) is 10.9. The summed E-state index contributed by atoms with van der Waals surface area (Å²) >= 11 is 0. The summed E-state index contributed by atoms with van der Waals surface area (Å²) in [7, 11) is -2.91. The molecule has 144 valence electrons. The van der Waals surface area contributed by atoms with Crippen LogP contribution >= 0.6 is 0 Å². The molecule has 0 aliphatic rings. The quantitative estimate of drug-likeness (QED) is 0.613. The van der Waals surface area contributed by atoms with Crippen LogP contribution in [-0.2, 0) is 21.2 Å². The topological polar surface area (TPSA) is 160 Å². The van der Waals surface area contributed by atoms with E-state index in [1.165, 1.54) is 25.3 Å². The van der Waals surface area contributed by atoms with Gasteiger partial charge in [-0.2, -0.15) is 15.0 Å². The minimum absolute atomic E-state index is 0.00209. The van der Waals surface area contributed by atoms with Gasteiger partial charge < -0.3 is 9.84 Å². The number of hydrogen-bond donors (Lipinski definition) is 3. The molecule has 0 unspecified atom stereocenters. The maximum Gasteiger partial charge on any atom is 0.335 e. The molecule has 11 nitrogen and oxygen atoms in total. The first-order valence-corrected chi connectivity index (χ1v) is 9.10. The number of ether oxygens (including phenoxy) is 1. The van der Waals surface area contributed by atoms with Crippen LogP contribution in [0.15, 0.2) is 29.2 Å². The molecule has 1 aromatic carbocycles. The Kier molecular flexibility index (Phi) is 6.23. The zero-order valence-electron chi connectivity index (χ0n) is 14.5. The van der Waals surface area contributed by atoms with E-state index in [9.17, 15) is 18.0 Å². The van der Waals surface area contributed by atoms with Crippen molar-refractivity contribution >= 4 is 28.0 Å². The molecule has 2 rings (SSSR count). The van der Waals surface area contributed by atoms with Crippen LogP contribution in [0.5, 0.6) is 6.01 Å². The molecular formula is C15H17N5O6S. The highest BCUT2D eigenvalue weighted by Crippen LogP contribution is 2.17. The van der Waals surface area contributed by atoms with Crippen molar-refractivity contribution < 1.29 is 27.9 Å². The maximum atomic E-state index is 12.5. The van der Waals surface area contributed by atoms with E-state index in [0.29, 0.717) is 0 Å². The number of aromatic nitrogens is 3. The number of carbonyl (C=O) groups excluding carboxylic acids is 1. The summed E-state index contributed by atoms with van der Waals surface area (Å²) in [6, 6.07) is 4.68. The number of amides is 2. The second-order valence-electron chi connectivity index (χ2n) is 5.25. The molecule has 0 radical (unpaired) electrons. The SMILES string of the molecule is COc1nc(C)nc(NC(=O)NS(=O)(=O)c2ccccc2CCC(=O)O)n1. The van der Waals surface area contributed by atoms with Crippen molar-refractivity contribution in [1.82, 2.24) is 19.7 Å². The van der Waals surface area contributed by atoms with Crippen LogP contribution in [0, 0.1) is 6.92 Å². The molecule has 0 bridgehead atoms. The molecular weight excluding hydrogens is 378 g/mol. The highest BCUT2D eigenvalue weighted by atomic mass is 32.2. The number of carboxylic acids is 1. The monoisotopic (exact) mass is 395 g/mol. The molecule has 0 saturated heterocycles. The molecule has 0 saturated carbocycles. The summed E-state index contributed by atoms with van der Waals surface area (Å²) in [5.41, 5.74) is 0.276. The van der Waals surface area contributed by atoms with Gasteiger partial charge in [0.2, 0.25) is 5.95 Å². The Labute approximate surface area is 154 Å². The van der Waals surface area contributed by atoms with Gasteiger partial charge in [-0.3, -0.25) is 10.1 Å². The van der Waals surface area contributed by atoms with Crippen LogP contribution in [0.2, 0.25) is 0 Å². The number of hydrogen-bond acceptors (Lipinski definition) is 8. The van der Waals surface area contributed by atoms with E-state index < -0.39 is 22.0 Å². The fraction of sp³-hybridized carbons (Fsp3) is 0.267. The van der Waals surface area contributed by atoms with Crippen LogP contribution in [-0.4, -0.2) is 47.6 Å². The Hall–Kier alpha value is -3.28. The lowest BCUT2D eigenvalue weighted by molar-refractivity contribution is -0.136. The molecule has 0 aliphatic carbocycles. The number of carboxylic acid groups (broad SMARTS) is 1.